The van der Waals surface area contributed by atoms with Crippen LogP contribution >= 0.6 is 11.3 Å². The highest BCUT2D eigenvalue weighted by Gasteiger charge is 2.06. The minimum Gasteiger partial charge on any atom is -0.357 e. The Hall–Kier alpha value is -1.95. The van der Waals surface area contributed by atoms with E-state index in [1.54, 1.807) is 17.4 Å². The summed E-state index contributed by atoms with van der Waals surface area (Å²) in [7, 11) is 0. The average molecular weight is 348 g/mol. The van der Waals surface area contributed by atoms with Gasteiger partial charge in [0, 0.05) is 18.5 Å². The predicted octanol–water partition coefficient (Wildman–Crippen LogP) is 3.70. The third kappa shape index (κ3) is 5.60. The smallest absolute Gasteiger partial charge is 0.191 e. The van der Waals surface area contributed by atoms with E-state index < -0.39 is 0 Å². The fraction of sp³-hybridized carbons (Fsp3) is 0.444. The van der Waals surface area contributed by atoms with Gasteiger partial charge in [-0.2, -0.15) is 0 Å². The van der Waals surface area contributed by atoms with Crippen molar-refractivity contribution in [2.75, 3.05) is 13.1 Å². The van der Waals surface area contributed by atoms with Crippen molar-refractivity contribution < 1.29 is 4.39 Å². The lowest BCUT2D eigenvalue weighted by Gasteiger charge is -2.11. The van der Waals surface area contributed by atoms with E-state index in [0.29, 0.717) is 31.0 Å². The SMILES string of the molecule is CCNC(=NCc1nc(C(C)C)cs1)NCCc1ccccc1F. The monoisotopic (exact) mass is 348 g/mol. The first kappa shape index (κ1) is 18.4. The number of benzene rings is 1. The summed E-state index contributed by atoms with van der Waals surface area (Å²) in [5, 5.41) is 9.55. The molecule has 0 fully saturated rings. The largest absolute Gasteiger partial charge is 0.357 e. The number of aromatic nitrogens is 1. The van der Waals surface area contributed by atoms with Gasteiger partial charge in [-0.25, -0.2) is 14.4 Å². The highest BCUT2D eigenvalue weighted by molar-refractivity contribution is 7.09. The van der Waals surface area contributed by atoms with Crippen molar-refractivity contribution in [3.63, 3.8) is 0 Å². The van der Waals surface area contributed by atoms with Crippen molar-refractivity contribution in [2.45, 2.75) is 39.7 Å². The van der Waals surface area contributed by atoms with E-state index in [2.05, 4.69) is 39.8 Å². The summed E-state index contributed by atoms with van der Waals surface area (Å²) in [6.07, 6.45) is 0.617. The molecule has 0 bridgehead atoms. The fourth-order valence-electron chi connectivity index (χ4n) is 2.17. The molecule has 1 heterocycles. The molecule has 2 rings (SSSR count). The number of thiazole rings is 1. The van der Waals surface area contributed by atoms with Crippen molar-refractivity contribution in [1.82, 2.24) is 15.6 Å². The minimum absolute atomic E-state index is 0.162. The second-order valence-corrected chi connectivity index (χ2v) is 6.73. The molecule has 0 aliphatic carbocycles. The molecule has 0 spiro atoms. The summed E-state index contributed by atoms with van der Waals surface area (Å²) in [6, 6.07) is 6.86. The van der Waals surface area contributed by atoms with Gasteiger partial charge in [-0.1, -0.05) is 32.0 Å². The zero-order valence-corrected chi connectivity index (χ0v) is 15.3. The lowest BCUT2D eigenvalue weighted by atomic mass is 10.1. The topological polar surface area (TPSA) is 49.3 Å². The van der Waals surface area contributed by atoms with Crippen LogP contribution in [0.3, 0.4) is 0 Å². The molecule has 0 unspecified atom stereocenters. The Morgan fingerprint density at radius 3 is 2.75 bits per heavy atom. The number of aliphatic imine (C=N–C) groups is 1. The Bertz CT molecular complexity index is 667. The van der Waals surface area contributed by atoms with Crippen molar-refractivity contribution in [2.24, 2.45) is 4.99 Å². The van der Waals surface area contributed by atoms with Gasteiger partial charge in [0.25, 0.3) is 0 Å². The molecule has 0 atom stereocenters. The molecule has 0 saturated carbocycles. The van der Waals surface area contributed by atoms with Gasteiger partial charge >= 0.3 is 0 Å². The van der Waals surface area contributed by atoms with Crippen LogP contribution in [0.15, 0.2) is 34.6 Å². The fourth-order valence-corrected chi connectivity index (χ4v) is 3.05. The van der Waals surface area contributed by atoms with Crippen molar-refractivity contribution in [1.29, 1.82) is 0 Å². The molecular formula is C18H25FN4S. The molecule has 24 heavy (non-hydrogen) atoms. The third-order valence-electron chi connectivity index (χ3n) is 3.52. The van der Waals surface area contributed by atoms with Crippen molar-refractivity contribution >= 4 is 17.3 Å². The Balaban J connectivity index is 1.89. The summed E-state index contributed by atoms with van der Waals surface area (Å²) in [5.41, 5.74) is 1.82. The molecule has 0 radical (unpaired) electrons. The predicted molar refractivity (Wildman–Crippen MR) is 99.1 cm³/mol. The number of guanidine groups is 1. The molecule has 0 aliphatic heterocycles. The number of nitrogens with zero attached hydrogens (tertiary/aromatic N) is 2. The molecule has 6 heteroatoms. The molecule has 1 aromatic carbocycles. The van der Waals surface area contributed by atoms with Crippen LogP contribution in [-0.2, 0) is 13.0 Å². The van der Waals surface area contributed by atoms with E-state index in [-0.39, 0.29) is 5.82 Å². The van der Waals surface area contributed by atoms with Gasteiger partial charge in [0.1, 0.15) is 10.8 Å². The van der Waals surface area contributed by atoms with Gasteiger partial charge < -0.3 is 10.6 Å². The maximum absolute atomic E-state index is 13.6. The summed E-state index contributed by atoms with van der Waals surface area (Å²) in [4.78, 5) is 9.15. The first-order chi connectivity index (χ1) is 11.6. The number of hydrogen-bond acceptors (Lipinski definition) is 3. The van der Waals surface area contributed by atoms with Gasteiger partial charge in [0.05, 0.1) is 12.2 Å². The van der Waals surface area contributed by atoms with Crippen LogP contribution in [-0.4, -0.2) is 24.0 Å². The summed E-state index contributed by atoms with van der Waals surface area (Å²) >= 11 is 1.64. The number of rotatable bonds is 7. The first-order valence-corrected chi connectivity index (χ1v) is 9.18. The highest BCUT2D eigenvalue weighted by atomic mass is 32.1. The van der Waals surface area contributed by atoms with Crippen LogP contribution in [0.25, 0.3) is 0 Å². The highest BCUT2D eigenvalue weighted by Crippen LogP contribution is 2.18. The zero-order chi connectivity index (χ0) is 17.4. The molecule has 2 aromatic rings. The Labute approximate surface area is 147 Å². The molecule has 0 saturated heterocycles. The molecule has 2 N–H and O–H groups in total. The lowest BCUT2D eigenvalue weighted by molar-refractivity contribution is 0.606. The quantitative estimate of drug-likeness (QED) is 0.592. The van der Waals surface area contributed by atoms with Crippen LogP contribution in [0, 0.1) is 5.82 Å². The van der Waals surface area contributed by atoms with Crippen LogP contribution < -0.4 is 10.6 Å². The second kappa shape index (κ2) is 9.37. The molecule has 0 aliphatic rings. The molecule has 0 amide bonds. The molecule has 1 aromatic heterocycles. The maximum atomic E-state index is 13.6. The summed E-state index contributed by atoms with van der Waals surface area (Å²) < 4.78 is 13.6. The number of nitrogens with one attached hydrogen (secondary N) is 2. The van der Waals surface area contributed by atoms with Crippen molar-refractivity contribution in [3.05, 3.63) is 51.7 Å². The standard InChI is InChI=1S/C18H25FN4S/c1-4-20-18(21-10-9-14-7-5-6-8-15(14)19)22-11-17-23-16(12-24-17)13(2)3/h5-8,12-13H,4,9-11H2,1-3H3,(H2,20,21,22). The first-order valence-electron chi connectivity index (χ1n) is 8.30. The van der Waals surface area contributed by atoms with Crippen LogP contribution in [0.2, 0.25) is 0 Å². The van der Waals surface area contributed by atoms with E-state index in [9.17, 15) is 4.39 Å². The van der Waals surface area contributed by atoms with Crippen LogP contribution in [0.1, 0.15) is 43.0 Å². The normalized spacial score (nSPS) is 11.8. The lowest BCUT2D eigenvalue weighted by Crippen LogP contribution is -2.38. The van der Waals surface area contributed by atoms with Crippen LogP contribution in [0.4, 0.5) is 4.39 Å². The van der Waals surface area contributed by atoms with Gasteiger partial charge in [-0.15, -0.1) is 11.3 Å². The Morgan fingerprint density at radius 1 is 1.29 bits per heavy atom. The number of hydrogen-bond donors (Lipinski definition) is 2. The minimum atomic E-state index is -0.162. The molecule has 4 nitrogen and oxygen atoms in total. The average Bonchev–Trinajstić information content (AvgIpc) is 3.03. The zero-order valence-electron chi connectivity index (χ0n) is 14.5. The van der Waals surface area contributed by atoms with Gasteiger partial charge in [-0.3, -0.25) is 0 Å². The van der Waals surface area contributed by atoms with E-state index in [4.69, 9.17) is 0 Å². The molecule has 130 valence electrons. The summed E-state index contributed by atoms with van der Waals surface area (Å²) in [5.74, 6) is 1.01. The van der Waals surface area contributed by atoms with Gasteiger partial charge in [0.2, 0.25) is 0 Å². The Morgan fingerprint density at radius 2 is 2.08 bits per heavy atom. The van der Waals surface area contributed by atoms with E-state index >= 15 is 0 Å². The third-order valence-corrected chi connectivity index (χ3v) is 4.37. The van der Waals surface area contributed by atoms with Gasteiger partial charge in [0.15, 0.2) is 5.96 Å². The molecular weight excluding hydrogens is 323 g/mol. The second-order valence-electron chi connectivity index (χ2n) is 5.78. The van der Waals surface area contributed by atoms with E-state index in [0.717, 1.165) is 23.2 Å². The van der Waals surface area contributed by atoms with Crippen LogP contribution in [0.5, 0.6) is 0 Å². The van der Waals surface area contributed by atoms with E-state index in [1.807, 2.05) is 19.1 Å². The summed E-state index contributed by atoms with van der Waals surface area (Å²) in [6.45, 7) is 8.25. The maximum Gasteiger partial charge on any atom is 0.191 e. The van der Waals surface area contributed by atoms with Crippen molar-refractivity contribution in [3.8, 4) is 0 Å². The Kier molecular flexibility index (Phi) is 7.18. The van der Waals surface area contributed by atoms with E-state index in [1.165, 1.54) is 6.07 Å². The van der Waals surface area contributed by atoms with Gasteiger partial charge in [-0.05, 0) is 30.9 Å². The number of halogens is 1.